The van der Waals surface area contributed by atoms with Crippen LogP contribution >= 0.6 is 0 Å². The monoisotopic (exact) mass is 362 g/mol. The fourth-order valence-corrected chi connectivity index (χ4v) is 1.81. The summed E-state index contributed by atoms with van der Waals surface area (Å²) in [4.78, 5) is 45.1. The minimum Gasteiger partial charge on any atom is -0.507 e. The Morgan fingerprint density at radius 1 is 0.769 bits per heavy atom. The van der Waals surface area contributed by atoms with E-state index in [0.29, 0.717) is 0 Å². The maximum Gasteiger partial charge on any atom is 0.313 e. The summed E-state index contributed by atoms with van der Waals surface area (Å²) in [6, 6.07) is 5.62. The molecule has 8 nitrogen and oxygen atoms in total. The van der Waals surface area contributed by atoms with Crippen molar-refractivity contribution in [2.45, 2.75) is 12.8 Å². The van der Waals surface area contributed by atoms with Crippen LogP contribution in [0.5, 0.6) is 0 Å². The number of aliphatic hydroxyl groups excluding tert-OH is 2. The number of methoxy groups -OCH3 is 2. The van der Waals surface area contributed by atoms with Crippen LogP contribution in [-0.4, -0.2) is 47.9 Å². The van der Waals surface area contributed by atoms with Crippen molar-refractivity contribution < 1.29 is 38.9 Å². The lowest BCUT2D eigenvalue weighted by molar-refractivity contribution is -0.144. The minimum absolute atomic E-state index is 0.264. The Morgan fingerprint density at radius 3 is 1.35 bits per heavy atom. The third-order valence-electron chi connectivity index (χ3n) is 3.16. The van der Waals surface area contributed by atoms with E-state index in [4.69, 9.17) is 0 Å². The Kier molecular flexibility index (Phi) is 7.75. The number of ketones is 2. The topological polar surface area (TPSA) is 127 Å². The molecule has 1 aromatic carbocycles. The van der Waals surface area contributed by atoms with Gasteiger partial charge in [-0.25, -0.2) is 0 Å². The zero-order valence-electron chi connectivity index (χ0n) is 14.2. The molecule has 1 rings (SSSR count). The number of esters is 2. The molecule has 0 atom stereocenters. The van der Waals surface area contributed by atoms with Crippen molar-refractivity contribution in [1.82, 2.24) is 0 Å². The molecular formula is C18H18O8. The van der Waals surface area contributed by atoms with E-state index >= 15 is 0 Å². The Hall–Kier alpha value is -3.42. The summed E-state index contributed by atoms with van der Waals surface area (Å²) in [6.45, 7) is 0. The molecule has 0 aliphatic carbocycles. The van der Waals surface area contributed by atoms with E-state index < -0.39 is 36.3 Å². The van der Waals surface area contributed by atoms with Crippen LogP contribution in [0.4, 0.5) is 0 Å². The van der Waals surface area contributed by atoms with E-state index in [9.17, 15) is 29.4 Å². The summed E-state index contributed by atoms with van der Waals surface area (Å²) >= 11 is 0. The van der Waals surface area contributed by atoms with Crippen molar-refractivity contribution >= 4 is 35.0 Å². The zero-order valence-corrected chi connectivity index (χ0v) is 14.2. The molecule has 138 valence electrons. The van der Waals surface area contributed by atoms with Gasteiger partial charge in [0.25, 0.3) is 0 Å². The first-order valence-electron chi connectivity index (χ1n) is 7.38. The van der Waals surface area contributed by atoms with Gasteiger partial charge in [0.15, 0.2) is 11.6 Å². The van der Waals surface area contributed by atoms with E-state index in [1.807, 2.05) is 0 Å². The van der Waals surface area contributed by atoms with Gasteiger partial charge in [0.05, 0.1) is 14.2 Å². The van der Waals surface area contributed by atoms with Crippen molar-refractivity contribution in [2.75, 3.05) is 14.2 Å². The normalized spacial score (nSPS) is 11.6. The molecular weight excluding hydrogens is 344 g/mol. The van der Waals surface area contributed by atoms with Crippen molar-refractivity contribution in [2.24, 2.45) is 0 Å². The molecule has 0 radical (unpaired) electrons. The molecule has 1 aromatic rings. The highest BCUT2D eigenvalue weighted by Crippen LogP contribution is 2.17. The van der Waals surface area contributed by atoms with Crippen molar-refractivity contribution in [3.05, 3.63) is 47.5 Å². The van der Waals surface area contributed by atoms with Crippen LogP contribution in [0.1, 0.15) is 24.0 Å². The summed E-state index contributed by atoms with van der Waals surface area (Å²) in [5, 5.41) is 19.8. The van der Waals surface area contributed by atoms with Crippen LogP contribution in [0, 0.1) is 0 Å². The quantitative estimate of drug-likeness (QED) is 0.310. The van der Waals surface area contributed by atoms with Crippen LogP contribution in [0.3, 0.4) is 0 Å². The van der Waals surface area contributed by atoms with Gasteiger partial charge in [-0.05, 0) is 0 Å². The van der Waals surface area contributed by atoms with E-state index in [0.717, 1.165) is 26.4 Å². The lowest BCUT2D eigenvalue weighted by Crippen LogP contribution is -2.07. The van der Waals surface area contributed by atoms with Crippen LogP contribution in [0.15, 0.2) is 36.4 Å². The van der Waals surface area contributed by atoms with Crippen molar-refractivity contribution in [3.63, 3.8) is 0 Å². The Morgan fingerprint density at radius 2 is 1.08 bits per heavy atom. The molecule has 0 amide bonds. The lowest BCUT2D eigenvalue weighted by atomic mass is 10.1. The zero-order chi connectivity index (χ0) is 19.7. The summed E-state index contributed by atoms with van der Waals surface area (Å²) in [5.74, 6) is -3.43. The smallest absolute Gasteiger partial charge is 0.313 e. The van der Waals surface area contributed by atoms with Crippen molar-refractivity contribution in [3.8, 4) is 0 Å². The van der Waals surface area contributed by atoms with Crippen LogP contribution < -0.4 is 0 Å². The lowest BCUT2D eigenvalue weighted by Gasteiger charge is -2.04. The first kappa shape index (κ1) is 20.6. The molecule has 0 bridgehead atoms. The second-order valence-corrected chi connectivity index (χ2v) is 5.07. The third kappa shape index (κ3) is 6.60. The molecule has 0 aliphatic rings. The molecule has 0 aliphatic heterocycles. The number of hydrogen-bond donors (Lipinski definition) is 2. The van der Waals surface area contributed by atoms with Crippen LogP contribution in [0.25, 0.3) is 11.5 Å². The number of carbonyl (C=O) groups is 4. The summed E-state index contributed by atoms with van der Waals surface area (Å²) < 4.78 is 8.70. The SMILES string of the molecule is COC(=O)CC(=O)/C=C(\O)c1ccc(/C(O)=C/C(=O)CC(=O)OC)cc1. The fourth-order valence-electron chi connectivity index (χ4n) is 1.81. The molecule has 0 saturated heterocycles. The first-order valence-corrected chi connectivity index (χ1v) is 7.38. The summed E-state index contributed by atoms with van der Waals surface area (Å²) in [5.41, 5.74) is 0.529. The predicted octanol–water partition coefficient (Wildman–Crippen LogP) is 1.75. The highest BCUT2D eigenvalue weighted by Gasteiger charge is 2.11. The van der Waals surface area contributed by atoms with Gasteiger partial charge in [-0.15, -0.1) is 0 Å². The van der Waals surface area contributed by atoms with Gasteiger partial charge in [-0.3, -0.25) is 19.2 Å². The van der Waals surface area contributed by atoms with Crippen molar-refractivity contribution in [1.29, 1.82) is 0 Å². The molecule has 0 aromatic heterocycles. The van der Waals surface area contributed by atoms with Gasteiger partial charge in [-0.2, -0.15) is 0 Å². The average molecular weight is 362 g/mol. The number of carbonyl (C=O) groups excluding carboxylic acids is 4. The fraction of sp³-hybridized carbons (Fsp3) is 0.222. The molecule has 2 N–H and O–H groups in total. The van der Waals surface area contributed by atoms with Gasteiger partial charge in [0, 0.05) is 23.3 Å². The maximum absolute atomic E-state index is 11.5. The van der Waals surface area contributed by atoms with Gasteiger partial charge < -0.3 is 19.7 Å². The van der Waals surface area contributed by atoms with Crippen LogP contribution in [-0.2, 0) is 28.7 Å². The number of hydrogen-bond acceptors (Lipinski definition) is 8. The largest absolute Gasteiger partial charge is 0.507 e. The molecule has 0 heterocycles. The van der Waals surface area contributed by atoms with E-state index in [1.165, 1.54) is 24.3 Å². The van der Waals surface area contributed by atoms with Gasteiger partial charge >= 0.3 is 11.9 Å². The molecule has 0 saturated carbocycles. The second-order valence-electron chi connectivity index (χ2n) is 5.07. The Balaban J connectivity index is 2.84. The molecule has 26 heavy (non-hydrogen) atoms. The molecule has 0 fully saturated rings. The Labute approximate surface area is 149 Å². The Bertz CT molecular complexity index is 691. The van der Waals surface area contributed by atoms with E-state index in [1.54, 1.807) is 0 Å². The second kappa shape index (κ2) is 9.77. The number of ether oxygens (including phenoxy) is 2. The van der Waals surface area contributed by atoms with Gasteiger partial charge in [0.1, 0.15) is 24.4 Å². The highest BCUT2D eigenvalue weighted by molar-refractivity contribution is 6.05. The molecule has 0 spiro atoms. The minimum atomic E-state index is -0.721. The van der Waals surface area contributed by atoms with Crippen LogP contribution in [0.2, 0.25) is 0 Å². The van der Waals surface area contributed by atoms with E-state index in [2.05, 4.69) is 9.47 Å². The van der Waals surface area contributed by atoms with Gasteiger partial charge in [0.2, 0.25) is 0 Å². The average Bonchev–Trinajstić information content (AvgIpc) is 2.61. The summed E-state index contributed by atoms with van der Waals surface area (Å²) in [7, 11) is 2.29. The maximum atomic E-state index is 11.5. The highest BCUT2D eigenvalue weighted by atomic mass is 16.5. The van der Waals surface area contributed by atoms with Gasteiger partial charge in [-0.1, -0.05) is 24.3 Å². The summed E-state index contributed by atoms with van der Waals surface area (Å²) in [6.07, 6.45) is 0.790. The first-order chi connectivity index (χ1) is 12.3. The molecule has 8 heteroatoms. The predicted molar refractivity (Wildman–Crippen MR) is 90.9 cm³/mol. The van der Waals surface area contributed by atoms with E-state index in [-0.39, 0.29) is 22.6 Å². The molecule has 0 unspecified atom stereocenters. The third-order valence-corrected chi connectivity index (χ3v) is 3.16. The number of allylic oxidation sites excluding steroid dienone is 2. The number of aliphatic hydroxyl groups is 2. The number of rotatable bonds is 8. The standard InChI is InChI=1S/C18H18O8/c1-25-17(23)9-13(19)7-15(21)11-3-5-12(6-4-11)16(22)8-14(20)10-18(24)26-2/h3-8,21-22H,9-10H2,1-2H3/b15-7-,16-8-. The number of benzene rings is 1.